The number of hydrogen-bond donors (Lipinski definition) is 1. The third kappa shape index (κ3) is 16.6. The molecule has 0 heterocycles. The number of ether oxygens (including phenoxy) is 2. The van der Waals surface area contributed by atoms with Crippen LogP contribution in [0.4, 0.5) is 0 Å². The molecule has 0 aliphatic rings. The fraction of sp³-hybridized carbons (Fsp3) is 1.00. The van der Waals surface area contributed by atoms with Gasteiger partial charge in [0.25, 0.3) is 0 Å². The predicted octanol–water partition coefficient (Wildman–Crippen LogP) is 0.482. The fourth-order valence-electron chi connectivity index (χ4n) is 0.377. The van der Waals surface area contributed by atoms with Gasteiger partial charge in [0.1, 0.15) is 0 Å². The Kier molecular flexibility index (Phi) is 16.6. The van der Waals surface area contributed by atoms with E-state index in [9.17, 15) is 0 Å². The minimum absolute atomic E-state index is 0.537. The lowest BCUT2D eigenvalue weighted by Gasteiger charge is -2.09. The number of hydrogen-bond acceptors (Lipinski definition) is 3. The molecule has 2 N–H and O–H groups in total. The summed E-state index contributed by atoms with van der Waals surface area (Å²) in [6.07, 6.45) is 0.844. The summed E-state index contributed by atoms with van der Waals surface area (Å²) in [5.74, 6) is 0. The summed E-state index contributed by atoms with van der Waals surface area (Å²) in [7, 11) is 1.39. The van der Waals surface area contributed by atoms with E-state index in [1.807, 2.05) is 13.8 Å². The van der Waals surface area contributed by atoms with Crippen molar-refractivity contribution in [3.05, 3.63) is 0 Å². The highest BCUT2D eigenvalue weighted by Gasteiger charge is 1.95. The van der Waals surface area contributed by atoms with E-state index in [0.717, 1.165) is 0 Å². The van der Waals surface area contributed by atoms with Crippen molar-refractivity contribution in [1.29, 1.82) is 0 Å². The molecule has 0 unspecified atom stereocenters. The highest BCUT2D eigenvalue weighted by molar-refractivity contribution is 6.08. The minimum Gasteiger partial charge on any atom is -0.340 e. The van der Waals surface area contributed by atoms with E-state index in [-0.39, 0.29) is 0 Å². The highest BCUT2D eigenvalue weighted by Crippen LogP contribution is 1.83. The maximum atomic E-state index is 5.25. The van der Waals surface area contributed by atoms with Crippen LogP contribution in [0.5, 0.6) is 0 Å². The van der Waals surface area contributed by atoms with Crippen molar-refractivity contribution in [2.45, 2.75) is 39.7 Å². The molecule has 76 valence electrons. The summed E-state index contributed by atoms with van der Waals surface area (Å²) in [5.41, 5.74) is 5.25. The summed E-state index contributed by atoms with van der Waals surface area (Å²) in [4.78, 5) is 0. The van der Waals surface area contributed by atoms with Crippen LogP contribution in [0.15, 0.2) is 0 Å². The zero-order chi connectivity index (χ0) is 9.82. The van der Waals surface area contributed by atoms with Crippen LogP contribution in [-0.2, 0) is 9.47 Å². The molecule has 0 fully saturated rings. The maximum Gasteiger partial charge on any atom is 0.213 e. The Morgan fingerprint density at radius 2 is 1.50 bits per heavy atom. The standard InChI is InChI=1S/C5H13NO2.C3H10Si/c1-3-7-5(6)8-4-2;1-2-3-4/h5H,3-4,6H2,1-2H3;2-3H2,1,4H3. The van der Waals surface area contributed by atoms with Gasteiger partial charge in [0, 0.05) is 23.5 Å². The second kappa shape index (κ2) is 13.7. The molecular weight excluding hydrogens is 170 g/mol. The first-order valence-corrected chi connectivity index (χ1v) is 6.12. The third-order valence-corrected chi connectivity index (χ3v) is 2.16. The van der Waals surface area contributed by atoms with Gasteiger partial charge in [0.15, 0.2) is 0 Å². The highest BCUT2D eigenvalue weighted by atomic mass is 28.1. The van der Waals surface area contributed by atoms with Crippen LogP contribution in [0.25, 0.3) is 0 Å². The predicted molar refractivity (Wildman–Crippen MR) is 56.3 cm³/mol. The summed E-state index contributed by atoms with van der Waals surface area (Å²) < 4.78 is 9.68. The van der Waals surface area contributed by atoms with Crippen LogP contribution in [0.2, 0.25) is 6.04 Å². The molecule has 0 aromatic carbocycles. The van der Waals surface area contributed by atoms with Crippen molar-refractivity contribution >= 4 is 10.2 Å². The maximum absolute atomic E-state index is 5.25. The smallest absolute Gasteiger partial charge is 0.213 e. The quantitative estimate of drug-likeness (QED) is 0.510. The van der Waals surface area contributed by atoms with E-state index in [0.29, 0.717) is 13.2 Å². The van der Waals surface area contributed by atoms with Crippen LogP contribution in [0.1, 0.15) is 27.2 Å². The lowest BCUT2D eigenvalue weighted by Crippen LogP contribution is -2.26. The van der Waals surface area contributed by atoms with Gasteiger partial charge in [-0.15, -0.1) is 0 Å². The van der Waals surface area contributed by atoms with Gasteiger partial charge < -0.3 is 9.47 Å². The molecule has 0 amide bonds. The van der Waals surface area contributed by atoms with Crippen LogP contribution < -0.4 is 5.73 Å². The van der Waals surface area contributed by atoms with Crippen molar-refractivity contribution < 1.29 is 9.47 Å². The fourth-order valence-corrected chi connectivity index (χ4v) is 0.377. The lowest BCUT2D eigenvalue weighted by molar-refractivity contribution is -0.131. The van der Waals surface area contributed by atoms with E-state index in [1.165, 1.54) is 22.7 Å². The van der Waals surface area contributed by atoms with Crippen molar-refractivity contribution in [2.24, 2.45) is 5.73 Å². The second-order valence-corrected chi connectivity index (χ2v) is 3.28. The van der Waals surface area contributed by atoms with Gasteiger partial charge in [0.2, 0.25) is 6.41 Å². The van der Waals surface area contributed by atoms with Gasteiger partial charge in [-0.25, -0.2) is 0 Å². The van der Waals surface area contributed by atoms with E-state index >= 15 is 0 Å². The number of rotatable bonds is 5. The second-order valence-electron chi connectivity index (χ2n) is 2.28. The van der Waals surface area contributed by atoms with Crippen molar-refractivity contribution in [3.8, 4) is 0 Å². The Labute approximate surface area is 79.0 Å². The topological polar surface area (TPSA) is 44.5 Å². The Balaban J connectivity index is 0. The molecule has 0 atom stereocenters. The van der Waals surface area contributed by atoms with Crippen molar-refractivity contribution in [1.82, 2.24) is 0 Å². The molecule has 0 saturated carbocycles. The average Bonchev–Trinajstić information content (AvgIpc) is 2.06. The molecule has 0 saturated heterocycles. The average molecular weight is 193 g/mol. The van der Waals surface area contributed by atoms with Gasteiger partial charge in [-0.05, 0) is 13.8 Å². The Hall–Kier alpha value is 0.0969. The van der Waals surface area contributed by atoms with E-state index in [4.69, 9.17) is 15.2 Å². The van der Waals surface area contributed by atoms with E-state index in [1.54, 1.807) is 0 Å². The van der Waals surface area contributed by atoms with Gasteiger partial charge in [-0.2, -0.15) is 0 Å². The van der Waals surface area contributed by atoms with Crippen molar-refractivity contribution in [2.75, 3.05) is 13.2 Å². The molecule has 12 heavy (non-hydrogen) atoms. The Morgan fingerprint density at radius 3 is 1.67 bits per heavy atom. The van der Waals surface area contributed by atoms with Gasteiger partial charge in [-0.3, -0.25) is 5.73 Å². The Morgan fingerprint density at radius 1 is 1.17 bits per heavy atom. The minimum atomic E-state index is -0.537. The normalized spacial score (nSPS) is 9.75. The molecule has 0 aromatic rings. The monoisotopic (exact) mass is 193 g/mol. The first-order valence-electron chi connectivity index (χ1n) is 4.71. The van der Waals surface area contributed by atoms with Crippen molar-refractivity contribution in [3.63, 3.8) is 0 Å². The van der Waals surface area contributed by atoms with Gasteiger partial charge in [0.05, 0.1) is 0 Å². The van der Waals surface area contributed by atoms with Gasteiger partial charge >= 0.3 is 0 Å². The zero-order valence-corrected chi connectivity index (χ0v) is 10.8. The molecule has 0 radical (unpaired) electrons. The van der Waals surface area contributed by atoms with Crippen LogP contribution in [0.3, 0.4) is 0 Å². The first-order chi connectivity index (χ1) is 5.72. The molecule has 0 rings (SSSR count). The summed E-state index contributed by atoms with van der Waals surface area (Å²) in [6.45, 7) is 7.16. The summed E-state index contributed by atoms with van der Waals surface area (Å²) in [6, 6.07) is 1.46. The molecule has 4 heteroatoms. The van der Waals surface area contributed by atoms with Crippen LogP contribution in [0, 0.1) is 0 Å². The number of nitrogens with two attached hydrogens (primary N) is 1. The zero-order valence-electron chi connectivity index (χ0n) is 8.80. The molecular formula is C8H23NO2Si. The Bertz CT molecular complexity index is 66.1. The molecule has 3 nitrogen and oxygen atoms in total. The molecule has 0 bridgehead atoms. The van der Waals surface area contributed by atoms with E-state index < -0.39 is 6.41 Å². The third-order valence-electron chi connectivity index (χ3n) is 1.16. The van der Waals surface area contributed by atoms with E-state index in [2.05, 4.69) is 6.92 Å². The largest absolute Gasteiger partial charge is 0.340 e. The van der Waals surface area contributed by atoms with Crippen LogP contribution >= 0.6 is 0 Å². The first kappa shape index (κ1) is 14.6. The van der Waals surface area contributed by atoms with Gasteiger partial charge in [-0.1, -0.05) is 19.4 Å². The molecule has 0 aromatic heterocycles. The molecule has 0 spiro atoms. The van der Waals surface area contributed by atoms with Crippen LogP contribution in [-0.4, -0.2) is 29.9 Å². The molecule has 0 aliphatic carbocycles. The lowest BCUT2D eigenvalue weighted by atomic mass is 10.6. The SMILES string of the molecule is CCC[SiH3].CCOC(N)OCC. The molecule has 0 aliphatic heterocycles. The summed E-state index contributed by atoms with van der Waals surface area (Å²) in [5, 5.41) is 0. The summed E-state index contributed by atoms with van der Waals surface area (Å²) >= 11 is 0.